The number of rotatable bonds is 5. The molecule has 6 nitrogen and oxygen atoms in total. The van der Waals surface area contributed by atoms with Crippen molar-refractivity contribution in [1.82, 2.24) is 9.38 Å². The van der Waals surface area contributed by atoms with Crippen molar-refractivity contribution in [3.8, 4) is 22.8 Å². The van der Waals surface area contributed by atoms with E-state index in [1.807, 2.05) is 41.8 Å². The van der Waals surface area contributed by atoms with Gasteiger partial charge in [-0.25, -0.2) is 4.98 Å². The number of methoxy groups -OCH3 is 2. The van der Waals surface area contributed by atoms with Crippen LogP contribution in [0.5, 0.6) is 11.5 Å². The molecule has 0 saturated carbocycles. The summed E-state index contributed by atoms with van der Waals surface area (Å²) in [4.78, 5) is 17.8. The van der Waals surface area contributed by atoms with Gasteiger partial charge in [0.05, 0.1) is 24.8 Å². The Hall–Kier alpha value is -3.22. The zero-order chi connectivity index (χ0) is 22.1. The molecule has 0 spiro atoms. The first-order chi connectivity index (χ1) is 14.9. The molecular weight excluding hydrogens is 437 g/mol. The quantitative estimate of drug-likeness (QED) is 0.407. The first-order valence-corrected chi connectivity index (χ1v) is 10.1. The Morgan fingerprint density at radius 3 is 2.48 bits per heavy atom. The van der Waals surface area contributed by atoms with Gasteiger partial charge in [-0.2, -0.15) is 0 Å². The maximum Gasteiger partial charge on any atom is 0.258 e. The van der Waals surface area contributed by atoms with Crippen molar-refractivity contribution in [3.63, 3.8) is 0 Å². The molecule has 0 atom stereocenters. The van der Waals surface area contributed by atoms with E-state index in [1.165, 1.54) is 6.07 Å². The van der Waals surface area contributed by atoms with Crippen LogP contribution in [0.2, 0.25) is 10.0 Å². The normalized spacial score (nSPS) is 10.9. The summed E-state index contributed by atoms with van der Waals surface area (Å²) in [6.07, 6.45) is 1.91. The van der Waals surface area contributed by atoms with Crippen LogP contribution in [0.3, 0.4) is 0 Å². The Labute approximate surface area is 189 Å². The first-order valence-electron chi connectivity index (χ1n) is 9.38. The Morgan fingerprint density at radius 1 is 1.00 bits per heavy atom. The molecule has 0 aliphatic carbocycles. The summed E-state index contributed by atoms with van der Waals surface area (Å²) in [7, 11) is 3.15. The number of imidazole rings is 1. The van der Waals surface area contributed by atoms with Crippen LogP contribution in [0, 0.1) is 6.92 Å². The van der Waals surface area contributed by atoms with Gasteiger partial charge in [0.1, 0.15) is 17.2 Å². The molecule has 0 fully saturated rings. The van der Waals surface area contributed by atoms with Gasteiger partial charge >= 0.3 is 0 Å². The summed E-state index contributed by atoms with van der Waals surface area (Å²) in [5, 5.41) is 3.69. The highest BCUT2D eigenvalue weighted by Gasteiger charge is 2.20. The lowest BCUT2D eigenvalue weighted by molar-refractivity contribution is 0.102. The van der Waals surface area contributed by atoms with E-state index in [4.69, 9.17) is 37.7 Å². The fraction of sp³-hybridized carbons (Fsp3) is 0.130. The largest absolute Gasteiger partial charge is 0.493 e. The van der Waals surface area contributed by atoms with E-state index in [0.717, 1.165) is 11.1 Å². The second kappa shape index (κ2) is 8.49. The van der Waals surface area contributed by atoms with E-state index in [1.54, 1.807) is 32.4 Å². The van der Waals surface area contributed by atoms with Crippen LogP contribution in [-0.2, 0) is 0 Å². The van der Waals surface area contributed by atoms with Gasteiger partial charge in [-0.3, -0.25) is 9.20 Å². The number of hydrogen-bond donors (Lipinski definition) is 1. The van der Waals surface area contributed by atoms with Gasteiger partial charge in [0, 0.05) is 16.8 Å². The van der Waals surface area contributed by atoms with Crippen molar-refractivity contribution in [2.75, 3.05) is 19.5 Å². The fourth-order valence-corrected chi connectivity index (χ4v) is 3.80. The Bertz CT molecular complexity index is 1300. The van der Waals surface area contributed by atoms with Crippen LogP contribution >= 0.6 is 23.2 Å². The lowest BCUT2D eigenvalue weighted by Gasteiger charge is -2.11. The summed E-state index contributed by atoms with van der Waals surface area (Å²) < 4.78 is 12.6. The summed E-state index contributed by atoms with van der Waals surface area (Å²) in [6.45, 7) is 1.97. The average Bonchev–Trinajstić information content (AvgIpc) is 3.10. The van der Waals surface area contributed by atoms with Crippen LogP contribution in [0.4, 0.5) is 5.82 Å². The molecule has 2 aromatic heterocycles. The SMILES string of the molecule is COc1ccc(-c2nc3ccc(C)cn3c2NC(=O)c2ccc(Cl)cc2Cl)cc1OC. The molecule has 4 aromatic rings. The molecule has 4 rings (SSSR count). The lowest BCUT2D eigenvalue weighted by Crippen LogP contribution is -2.14. The number of nitrogens with one attached hydrogen (secondary N) is 1. The van der Waals surface area contributed by atoms with Gasteiger partial charge in [-0.15, -0.1) is 0 Å². The molecule has 31 heavy (non-hydrogen) atoms. The Kier molecular flexibility index (Phi) is 5.76. The summed E-state index contributed by atoms with van der Waals surface area (Å²) >= 11 is 12.2. The number of nitrogens with zero attached hydrogens (tertiary/aromatic N) is 2. The van der Waals surface area contributed by atoms with E-state index in [2.05, 4.69) is 5.32 Å². The van der Waals surface area contributed by atoms with E-state index in [-0.39, 0.29) is 10.9 Å². The number of aromatic nitrogens is 2. The van der Waals surface area contributed by atoms with Gasteiger partial charge in [0.15, 0.2) is 11.5 Å². The maximum absolute atomic E-state index is 13.1. The molecular formula is C23H19Cl2N3O3. The van der Waals surface area contributed by atoms with Gasteiger partial charge in [0.2, 0.25) is 0 Å². The highest BCUT2D eigenvalue weighted by atomic mass is 35.5. The number of hydrogen-bond acceptors (Lipinski definition) is 4. The van der Waals surface area contributed by atoms with Gasteiger partial charge < -0.3 is 14.8 Å². The molecule has 2 heterocycles. The summed E-state index contributed by atoms with van der Waals surface area (Å²) in [5.74, 6) is 1.31. The van der Waals surface area contributed by atoms with Gasteiger partial charge in [-0.05, 0) is 55.0 Å². The number of halogens is 2. The van der Waals surface area contributed by atoms with Gasteiger partial charge in [0.25, 0.3) is 5.91 Å². The third-order valence-corrected chi connectivity index (χ3v) is 5.38. The highest BCUT2D eigenvalue weighted by molar-refractivity contribution is 6.37. The van der Waals surface area contributed by atoms with Crippen LogP contribution in [0.15, 0.2) is 54.7 Å². The molecule has 1 amide bonds. The molecule has 0 unspecified atom stereocenters. The first kappa shape index (κ1) is 21.0. The van der Waals surface area contributed by atoms with Crippen LogP contribution in [0.1, 0.15) is 15.9 Å². The number of carbonyl (C=O) groups is 1. The van der Waals surface area contributed by atoms with Crippen LogP contribution < -0.4 is 14.8 Å². The number of anilines is 1. The lowest BCUT2D eigenvalue weighted by atomic mass is 10.1. The summed E-state index contributed by atoms with van der Waals surface area (Å²) in [6, 6.07) is 14.1. The Morgan fingerprint density at radius 2 is 1.77 bits per heavy atom. The van der Waals surface area contributed by atoms with Crippen molar-refractivity contribution in [2.24, 2.45) is 0 Å². The zero-order valence-electron chi connectivity index (χ0n) is 17.1. The predicted molar refractivity (Wildman–Crippen MR) is 123 cm³/mol. The molecule has 0 saturated heterocycles. The average molecular weight is 456 g/mol. The molecule has 2 aromatic carbocycles. The second-order valence-corrected chi connectivity index (χ2v) is 7.74. The smallest absolute Gasteiger partial charge is 0.258 e. The predicted octanol–water partition coefficient (Wildman–Crippen LogP) is 5.89. The third-order valence-electron chi connectivity index (χ3n) is 4.83. The van der Waals surface area contributed by atoms with E-state index < -0.39 is 0 Å². The molecule has 1 N–H and O–H groups in total. The van der Waals surface area contributed by atoms with E-state index >= 15 is 0 Å². The third kappa shape index (κ3) is 4.04. The fourth-order valence-electron chi connectivity index (χ4n) is 3.30. The Balaban J connectivity index is 1.85. The number of ether oxygens (including phenoxy) is 2. The molecule has 0 radical (unpaired) electrons. The zero-order valence-corrected chi connectivity index (χ0v) is 18.6. The van der Waals surface area contributed by atoms with Crippen LogP contribution in [-0.4, -0.2) is 29.5 Å². The molecule has 0 bridgehead atoms. The number of aryl methyl sites for hydroxylation is 1. The van der Waals surface area contributed by atoms with E-state index in [0.29, 0.717) is 39.2 Å². The number of amides is 1. The minimum atomic E-state index is -0.369. The second-order valence-electron chi connectivity index (χ2n) is 6.89. The number of fused-ring (bicyclic) bond motifs is 1. The van der Waals surface area contributed by atoms with Crippen LogP contribution in [0.25, 0.3) is 16.9 Å². The van der Waals surface area contributed by atoms with Crippen molar-refractivity contribution in [2.45, 2.75) is 6.92 Å². The van der Waals surface area contributed by atoms with E-state index in [9.17, 15) is 4.79 Å². The van der Waals surface area contributed by atoms with Crippen molar-refractivity contribution < 1.29 is 14.3 Å². The minimum absolute atomic E-state index is 0.266. The topological polar surface area (TPSA) is 64.9 Å². The number of pyridine rings is 1. The molecule has 8 heteroatoms. The summed E-state index contributed by atoms with van der Waals surface area (Å²) in [5.41, 5.74) is 3.37. The standard InChI is InChI=1S/C23H19Cl2N3O3/c1-13-4-9-20-26-21(14-5-8-18(30-2)19(10-14)31-3)22(28(20)12-13)27-23(29)16-7-6-15(24)11-17(16)25/h4-12H,1-3H3,(H,27,29). The molecule has 158 valence electrons. The maximum atomic E-state index is 13.1. The van der Waals surface area contributed by atoms with Crippen molar-refractivity contribution >= 4 is 40.6 Å². The highest BCUT2D eigenvalue weighted by Crippen LogP contribution is 2.36. The van der Waals surface area contributed by atoms with Gasteiger partial charge in [-0.1, -0.05) is 29.3 Å². The van der Waals surface area contributed by atoms with Crippen molar-refractivity contribution in [1.29, 1.82) is 0 Å². The minimum Gasteiger partial charge on any atom is -0.493 e. The number of carbonyl (C=O) groups excluding carboxylic acids is 1. The van der Waals surface area contributed by atoms with Crippen molar-refractivity contribution in [3.05, 3.63) is 75.9 Å². The molecule has 0 aliphatic rings. The number of benzene rings is 2. The monoisotopic (exact) mass is 455 g/mol. The molecule has 0 aliphatic heterocycles.